The van der Waals surface area contributed by atoms with E-state index in [1.165, 1.54) is 0 Å². The fourth-order valence-electron chi connectivity index (χ4n) is 2.86. The van der Waals surface area contributed by atoms with Crippen LogP contribution in [-0.2, 0) is 15.6 Å². The van der Waals surface area contributed by atoms with E-state index in [0.29, 0.717) is 25.3 Å². The lowest BCUT2D eigenvalue weighted by atomic mass is 10.3. The van der Waals surface area contributed by atoms with Gasteiger partial charge in [-0.25, -0.2) is 4.79 Å². The van der Waals surface area contributed by atoms with Crippen molar-refractivity contribution in [2.45, 2.75) is 24.2 Å². The van der Waals surface area contributed by atoms with Crippen LogP contribution in [0.3, 0.4) is 0 Å². The Kier molecular flexibility index (Phi) is 5.18. The molecule has 3 amide bonds. The molecule has 0 unspecified atom stereocenters. The molecule has 3 rings (SSSR count). The van der Waals surface area contributed by atoms with E-state index in [1.807, 2.05) is 4.90 Å². The van der Waals surface area contributed by atoms with E-state index in [2.05, 4.69) is 5.32 Å². The molecule has 2 aliphatic rings. The molecular formula is C17H23N3O3S. The van der Waals surface area contributed by atoms with Crippen LogP contribution in [0.2, 0.25) is 0 Å². The van der Waals surface area contributed by atoms with Crippen LogP contribution in [-0.4, -0.2) is 58.4 Å². The van der Waals surface area contributed by atoms with Gasteiger partial charge < -0.3 is 15.1 Å². The number of carbonyl (C=O) groups excluding carboxylic acids is 2. The number of benzene rings is 1. The molecule has 0 bridgehead atoms. The SMILES string of the molecule is C[S@](=O)c1ccc(NC(=O)N2CCCN(C(=O)C3CC3)CC2)cc1. The number of urea groups is 1. The molecule has 1 aliphatic heterocycles. The molecule has 0 aromatic heterocycles. The Morgan fingerprint density at radius 3 is 2.29 bits per heavy atom. The van der Waals surface area contributed by atoms with Crippen molar-refractivity contribution >= 4 is 28.4 Å². The van der Waals surface area contributed by atoms with Crippen LogP contribution >= 0.6 is 0 Å². The van der Waals surface area contributed by atoms with E-state index in [-0.39, 0.29) is 17.9 Å². The van der Waals surface area contributed by atoms with Crippen LogP contribution in [0.4, 0.5) is 10.5 Å². The van der Waals surface area contributed by atoms with Crippen molar-refractivity contribution < 1.29 is 13.8 Å². The molecule has 1 aromatic carbocycles. The van der Waals surface area contributed by atoms with E-state index < -0.39 is 10.8 Å². The maximum atomic E-state index is 12.4. The number of anilines is 1. The average molecular weight is 349 g/mol. The number of hydrogen-bond acceptors (Lipinski definition) is 3. The van der Waals surface area contributed by atoms with Crippen molar-refractivity contribution in [1.29, 1.82) is 0 Å². The Balaban J connectivity index is 1.54. The van der Waals surface area contributed by atoms with Crippen molar-refractivity contribution in [3.05, 3.63) is 24.3 Å². The second-order valence-electron chi connectivity index (χ2n) is 6.35. The summed E-state index contributed by atoms with van der Waals surface area (Å²) >= 11 is 0. The highest BCUT2D eigenvalue weighted by atomic mass is 32.2. The first-order valence-corrected chi connectivity index (χ1v) is 9.88. The molecule has 1 aliphatic carbocycles. The molecule has 1 atom stereocenters. The minimum atomic E-state index is -1.02. The summed E-state index contributed by atoms with van der Waals surface area (Å²) in [4.78, 5) is 29.0. The summed E-state index contributed by atoms with van der Waals surface area (Å²) in [6.07, 6.45) is 4.45. The number of nitrogens with zero attached hydrogens (tertiary/aromatic N) is 2. The van der Waals surface area contributed by atoms with Gasteiger partial charge in [-0.3, -0.25) is 9.00 Å². The van der Waals surface area contributed by atoms with Crippen LogP contribution < -0.4 is 5.32 Å². The topological polar surface area (TPSA) is 69.7 Å². The second kappa shape index (κ2) is 7.34. The van der Waals surface area contributed by atoms with Crippen molar-refractivity contribution in [3.8, 4) is 0 Å². The van der Waals surface area contributed by atoms with Gasteiger partial charge in [0.25, 0.3) is 0 Å². The third-order valence-electron chi connectivity index (χ3n) is 4.46. The van der Waals surface area contributed by atoms with Crippen LogP contribution in [0.1, 0.15) is 19.3 Å². The highest BCUT2D eigenvalue weighted by Gasteiger charge is 2.34. The van der Waals surface area contributed by atoms with E-state index in [0.717, 1.165) is 30.7 Å². The first-order chi connectivity index (χ1) is 11.5. The van der Waals surface area contributed by atoms with Gasteiger partial charge in [0.2, 0.25) is 5.91 Å². The summed E-state index contributed by atoms with van der Waals surface area (Å²) in [5.74, 6) is 0.480. The van der Waals surface area contributed by atoms with Gasteiger partial charge >= 0.3 is 6.03 Å². The monoisotopic (exact) mass is 349 g/mol. The minimum absolute atomic E-state index is 0.152. The zero-order valence-corrected chi connectivity index (χ0v) is 14.7. The summed E-state index contributed by atoms with van der Waals surface area (Å²) in [6.45, 7) is 2.55. The van der Waals surface area contributed by atoms with Gasteiger partial charge in [0.15, 0.2) is 0 Å². The third kappa shape index (κ3) is 4.14. The molecule has 1 saturated carbocycles. The summed E-state index contributed by atoms with van der Waals surface area (Å²) in [5, 5.41) is 2.87. The third-order valence-corrected chi connectivity index (χ3v) is 5.39. The molecule has 1 aromatic rings. The standard InChI is InChI=1S/C17H23N3O3S/c1-24(23)15-7-5-14(6-8-15)18-17(22)20-10-2-9-19(11-12-20)16(21)13-3-4-13/h5-8,13H,2-4,9-12H2,1H3,(H,18,22)/t24-/m0/s1. The maximum absolute atomic E-state index is 12.4. The average Bonchev–Trinajstić information content (AvgIpc) is 3.41. The number of amides is 3. The van der Waals surface area contributed by atoms with Gasteiger partial charge in [-0.1, -0.05) is 0 Å². The summed E-state index contributed by atoms with van der Waals surface area (Å²) < 4.78 is 11.4. The van der Waals surface area contributed by atoms with Gasteiger partial charge in [0.1, 0.15) is 0 Å². The van der Waals surface area contributed by atoms with E-state index in [1.54, 1.807) is 35.4 Å². The summed E-state index contributed by atoms with van der Waals surface area (Å²) in [5.41, 5.74) is 0.685. The van der Waals surface area contributed by atoms with Crippen LogP contribution in [0.25, 0.3) is 0 Å². The van der Waals surface area contributed by atoms with Crippen LogP contribution in [0, 0.1) is 5.92 Å². The molecule has 1 saturated heterocycles. The lowest BCUT2D eigenvalue weighted by Gasteiger charge is -2.22. The zero-order valence-electron chi connectivity index (χ0n) is 13.9. The second-order valence-corrected chi connectivity index (χ2v) is 7.73. The number of nitrogens with one attached hydrogen (secondary N) is 1. The quantitative estimate of drug-likeness (QED) is 0.906. The summed E-state index contributed by atoms with van der Waals surface area (Å²) in [7, 11) is -1.02. The van der Waals surface area contributed by atoms with Gasteiger partial charge in [-0.15, -0.1) is 0 Å². The van der Waals surface area contributed by atoms with Crippen molar-refractivity contribution in [3.63, 3.8) is 0 Å². The highest BCUT2D eigenvalue weighted by molar-refractivity contribution is 7.84. The van der Waals surface area contributed by atoms with E-state index in [4.69, 9.17) is 0 Å². The molecule has 0 radical (unpaired) electrons. The zero-order chi connectivity index (χ0) is 17.1. The fraction of sp³-hybridized carbons (Fsp3) is 0.529. The fourth-order valence-corrected chi connectivity index (χ4v) is 3.38. The van der Waals surface area contributed by atoms with Crippen molar-refractivity contribution in [2.24, 2.45) is 5.92 Å². The predicted octanol–water partition coefficient (Wildman–Crippen LogP) is 1.90. The number of carbonyl (C=O) groups is 2. The molecule has 7 heteroatoms. The van der Waals surface area contributed by atoms with E-state index in [9.17, 15) is 13.8 Å². The maximum Gasteiger partial charge on any atom is 0.321 e. The number of hydrogen-bond donors (Lipinski definition) is 1. The van der Waals surface area contributed by atoms with Gasteiger partial charge in [-0.2, -0.15) is 0 Å². The Morgan fingerprint density at radius 2 is 1.67 bits per heavy atom. The van der Waals surface area contributed by atoms with Crippen molar-refractivity contribution in [2.75, 3.05) is 37.8 Å². The van der Waals surface area contributed by atoms with Crippen LogP contribution in [0.5, 0.6) is 0 Å². The van der Waals surface area contributed by atoms with E-state index >= 15 is 0 Å². The minimum Gasteiger partial charge on any atom is -0.341 e. The predicted molar refractivity (Wildman–Crippen MR) is 93.3 cm³/mol. The highest BCUT2D eigenvalue weighted by Crippen LogP contribution is 2.31. The van der Waals surface area contributed by atoms with Gasteiger partial charge in [0, 0.05) is 59.7 Å². The first-order valence-electron chi connectivity index (χ1n) is 8.33. The summed E-state index contributed by atoms with van der Waals surface area (Å²) in [6, 6.07) is 6.88. The number of rotatable bonds is 3. The molecule has 2 fully saturated rings. The van der Waals surface area contributed by atoms with Crippen molar-refractivity contribution in [1.82, 2.24) is 9.80 Å². The molecular weight excluding hydrogens is 326 g/mol. The Labute approximate surface area is 144 Å². The molecule has 1 N–H and O–H groups in total. The van der Waals surface area contributed by atoms with Gasteiger partial charge in [0.05, 0.1) is 0 Å². The molecule has 6 nitrogen and oxygen atoms in total. The normalized spacial score (nSPS) is 19.5. The molecule has 1 heterocycles. The Bertz CT molecular complexity index is 643. The lowest BCUT2D eigenvalue weighted by molar-refractivity contribution is -0.132. The smallest absolute Gasteiger partial charge is 0.321 e. The molecule has 130 valence electrons. The Morgan fingerprint density at radius 1 is 1.04 bits per heavy atom. The molecule has 0 spiro atoms. The largest absolute Gasteiger partial charge is 0.341 e. The van der Waals surface area contributed by atoms with Gasteiger partial charge in [-0.05, 0) is 43.5 Å². The van der Waals surface area contributed by atoms with Crippen LogP contribution in [0.15, 0.2) is 29.2 Å². The lowest BCUT2D eigenvalue weighted by Crippen LogP contribution is -2.39. The molecule has 24 heavy (non-hydrogen) atoms. The first kappa shape index (κ1) is 17.0. The Hall–Kier alpha value is -1.89.